The number of nitrogens with two attached hydrogens (primary N) is 1. The molecule has 11 heteroatoms. The van der Waals surface area contributed by atoms with Crippen LogP contribution >= 0.6 is 11.3 Å². The van der Waals surface area contributed by atoms with E-state index < -0.39 is 17.5 Å². The Labute approximate surface area is 172 Å². The number of nitrogens with one attached hydrogen (secondary N) is 1. The molecule has 0 fully saturated rings. The van der Waals surface area contributed by atoms with Gasteiger partial charge in [-0.3, -0.25) is 4.79 Å². The fourth-order valence-corrected chi connectivity index (χ4v) is 3.24. The first-order chi connectivity index (χ1) is 14.5. The van der Waals surface area contributed by atoms with Gasteiger partial charge in [0.1, 0.15) is 28.1 Å². The Bertz CT molecular complexity index is 1240. The molecule has 8 nitrogen and oxygen atoms in total. The molecule has 0 saturated carbocycles. The summed E-state index contributed by atoms with van der Waals surface area (Å²) in [6, 6.07) is 8.03. The lowest BCUT2D eigenvalue weighted by Gasteiger charge is -2.09. The van der Waals surface area contributed by atoms with Crippen molar-refractivity contribution >= 4 is 28.7 Å². The molecule has 0 atom stereocenters. The van der Waals surface area contributed by atoms with Crippen molar-refractivity contribution in [3.63, 3.8) is 0 Å². The molecule has 0 radical (unpaired) electrons. The van der Waals surface area contributed by atoms with E-state index in [2.05, 4.69) is 20.4 Å². The summed E-state index contributed by atoms with van der Waals surface area (Å²) in [7, 11) is 1.46. The maximum Gasteiger partial charge on any atom is 0.272 e. The van der Waals surface area contributed by atoms with Crippen LogP contribution in [0.15, 0.2) is 46.4 Å². The third-order valence-electron chi connectivity index (χ3n) is 4.09. The molecule has 2 aromatic carbocycles. The third kappa shape index (κ3) is 3.70. The Hall–Kier alpha value is -3.86. The summed E-state index contributed by atoms with van der Waals surface area (Å²) in [4.78, 5) is 20.9. The highest BCUT2D eigenvalue weighted by Crippen LogP contribution is 2.32. The lowest BCUT2D eigenvalue weighted by molar-refractivity contribution is 0.102. The maximum absolute atomic E-state index is 14.4. The SMILES string of the molecule is COc1cccc(C(=O)Nc2cc(-c3noc(-c4scnc4N)n3)c(F)cc2F)c1. The monoisotopic (exact) mass is 429 g/mol. The van der Waals surface area contributed by atoms with Crippen molar-refractivity contribution in [2.75, 3.05) is 18.2 Å². The Kier molecular flexibility index (Phi) is 5.11. The second kappa shape index (κ2) is 7.87. The minimum Gasteiger partial charge on any atom is -0.497 e. The van der Waals surface area contributed by atoms with Crippen LogP contribution in [-0.4, -0.2) is 28.1 Å². The van der Waals surface area contributed by atoms with Crippen LogP contribution in [0, 0.1) is 11.6 Å². The van der Waals surface area contributed by atoms with Gasteiger partial charge in [0, 0.05) is 11.6 Å². The second-order valence-electron chi connectivity index (χ2n) is 5.99. The van der Waals surface area contributed by atoms with Gasteiger partial charge in [-0.1, -0.05) is 11.2 Å². The van der Waals surface area contributed by atoms with Gasteiger partial charge in [0.25, 0.3) is 11.8 Å². The minimum absolute atomic E-state index is 0.0516. The molecule has 2 aromatic heterocycles. The van der Waals surface area contributed by atoms with E-state index in [1.807, 2.05) is 0 Å². The lowest BCUT2D eigenvalue weighted by Crippen LogP contribution is -2.13. The van der Waals surface area contributed by atoms with Gasteiger partial charge in [-0.25, -0.2) is 13.8 Å². The molecule has 152 valence electrons. The molecule has 0 saturated heterocycles. The highest BCUT2D eigenvalue weighted by atomic mass is 32.1. The summed E-state index contributed by atoms with van der Waals surface area (Å²) >= 11 is 1.18. The van der Waals surface area contributed by atoms with E-state index in [1.54, 1.807) is 12.1 Å². The highest BCUT2D eigenvalue weighted by Gasteiger charge is 2.20. The lowest BCUT2D eigenvalue weighted by atomic mass is 10.1. The smallest absolute Gasteiger partial charge is 0.272 e. The fraction of sp³-hybridized carbons (Fsp3) is 0.0526. The van der Waals surface area contributed by atoms with Crippen molar-refractivity contribution in [3.8, 4) is 27.9 Å². The zero-order valence-electron chi connectivity index (χ0n) is 15.3. The summed E-state index contributed by atoms with van der Waals surface area (Å²) in [6.07, 6.45) is 0. The molecule has 3 N–H and O–H groups in total. The number of carbonyl (C=O) groups is 1. The normalized spacial score (nSPS) is 10.8. The van der Waals surface area contributed by atoms with E-state index in [0.717, 1.165) is 6.07 Å². The summed E-state index contributed by atoms with van der Waals surface area (Å²) in [5, 5.41) is 6.13. The average molecular weight is 429 g/mol. The van der Waals surface area contributed by atoms with Crippen LogP contribution < -0.4 is 15.8 Å². The van der Waals surface area contributed by atoms with Gasteiger partial charge in [-0.2, -0.15) is 4.98 Å². The van der Waals surface area contributed by atoms with Crippen molar-refractivity contribution in [2.45, 2.75) is 0 Å². The summed E-state index contributed by atoms with van der Waals surface area (Å²) in [5.41, 5.74) is 7.05. The van der Waals surface area contributed by atoms with Crippen molar-refractivity contribution in [2.24, 2.45) is 0 Å². The number of hydrogen-bond donors (Lipinski definition) is 2. The number of anilines is 2. The van der Waals surface area contributed by atoms with Gasteiger partial charge >= 0.3 is 0 Å². The number of nitrogen functional groups attached to an aromatic ring is 1. The molecule has 1 amide bonds. The predicted molar refractivity (Wildman–Crippen MR) is 106 cm³/mol. The van der Waals surface area contributed by atoms with Crippen molar-refractivity contribution in [1.82, 2.24) is 15.1 Å². The molecule has 0 aliphatic heterocycles. The average Bonchev–Trinajstić information content (AvgIpc) is 3.38. The van der Waals surface area contributed by atoms with Gasteiger partial charge in [0.15, 0.2) is 0 Å². The van der Waals surface area contributed by atoms with Gasteiger partial charge in [-0.15, -0.1) is 11.3 Å². The van der Waals surface area contributed by atoms with Crippen LogP contribution in [0.4, 0.5) is 20.3 Å². The first-order valence-corrected chi connectivity index (χ1v) is 9.32. The molecule has 4 aromatic rings. The number of thiazole rings is 1. The van der Waals surface area contributed by atoms with Crippen LogP contribution in [0.5, 0.6) is 5.75 Å². The topological polar surface area (TPSA) is 116 Å². The Morgan fingerprint density at radius 1 is 1.23 bits per heavy atom. The minimum atomic E-state index is -0.956. The van der Waals surface area contributed by atoms with Crippen LogP contribution in [0.1, 0.15) is 10.4 Å². The predicted octanol–water partition coefficient (Wildman–Crippen LogP) is 3.98. The zero-order chi connectivity index (χ0) is 21.3. The Balaban J connectivity index is 1.65. The number of amides is 1. The first-order valence-electron chi connectivity index (χ1n) is 8.44. The number of rotatable bonds is 5. The molecule has 0 aliphatic carbocycles. The largest absolute Gasteiger partial charge is 0.497 e. The molecule has 4 rings (SSSR count). The number of carbonyl (C=O) groups excluding carboxylic acids is 1. The number of aromatic nitrogens is 3. The highest BCUT2D eigenvalue weighted by molar-refractivity contribution is 7.13. The third-order valence-corrected chi connectivity index (χ3v) is 4.92. The first kappa shape index (κ1) is 19.5. The van der Waals surface area contributed by atoms with E-state index >= 15 is 0 Å². The molecule has 0 spiro atoms. The van der Waals surface area contributed by atoms with Crippen LogP contribution in [0.25, 0.3) is 22.2 Å². The van der Waals surface area contributed by atoms with Crippen LogP contribution in [-0.2, 0) is 0 Å². The Morgan fingerprint density at radius 3 is 2.80 bits per heavy atom. The summed E-state index contributed by atoms with van der Waals surface area (Å²) in [5.74, 6) is -1.90. The molecule has 0 bridgehead atoms. The van der Waals surface area contributed by atoms with Gasteiger partial charge < -0.3 is 20.3 Å². The summed E-state index contributed by atoms with van der Waals surface area (Å²) in [6.45, 7) is 0. The van der Waals surface area contributed by atoms with Crippen molar-refractivity contribution in [3.05, 3.63) is 59.1 Å². The van der Waals surface area contributed by atoms with Crippen LogP contribution in [0.3, 0.4) is 0 Å². The van der Waals surface area contributed by atoms with E-state index in [9.17, 15) is 13.6 Å². The molecule has 30 heavy (non-hydrogen) atoms. The second-order valence-corrected chi connectivity index (χ2v) is 6.84. The van der Waals surface area contributed by atoms with E-state index in [1.165, 1.54) is 36.1 Å². The van der Waals surface area contributed by atoms with Crippen LogP contribution in [0.2, 0.25) is 0 Å². The molecule has 0 aliphatic rings. The van der Waals surface area contributed by atoms with E-state index in [0.29, 0.717) is 16.7 Å². The molecule has 2 heterocycles. The van der Waals surface area contributed by atoms with Crippen molar-refractivity contribution < 1.29 is 22.8 Å². The number of ether oxygens (including phenoxy) is 1. The Morgan fingerprint density at radius 2 is 2.07 bits per heavy atom. The fourth-order valence-electron chi connectivity index (χ4n) is 2.61. The number of benzene rings is 2. The number of methoxy groups -OCH3 is 1. The van der Waals surface area contributed by atoms with Gasteiger partial charge in [0.05, 0.1) is 23.9 Å². The van der Waals surface area contributed by atoms with Gasteiger partial charge in [0.2, 0.25) is 5.82 Å². The maximum atomic E-state index is 14.4. The number of nitrogens with zero attached hydrogens (tertiary/aromatic N) is 3. The quantitative estimate of drug-likeness (QED) is 0.493. The summed E-state index contributed by atoms with van der Waals surface area (Å²) < 4.78 is 38.8. The van der Waals surface area contributed by atoms with E-state index in [4.69, 9.17) is 15.0 Å². The number of hydrogen-bond acceptors (Lipinski definition) is 8. The molecule has 0 unspecified atom stereocenters. The number of halogens is 2. The standard InChI is InChI=1S/C19H13F2N5O3S/c1-28-10-4-2-3-9(5-10)18(27)24-14-6-11(12(20)7-13(14)21)17-25-19(29-26-17)15-16(22)23-8-30-15/h2-8H,22H2,1H3,(H,24,27). The zero-order valence-corrected chi connectivity index (χ0v) is 16.2. The molecular weight excluding hydrogens is 416 g/mol. The van der Waals surface area contributed by atoms with E-state index in [-0.39, 0.29) is 34.3 Å². The molecular formula is C19H13F2N5O3S. The van der Waals surface area contributed by atoms with Crippen molar-refractivity contribution in [1.29, 1.82) is 0 Å². The van der Waals surface area contributed by atoms with Gasteiger partial charge in [-0.05, 0) is 24.3 Å².